The van der Waals surface area contributed by atoms with Gasteiger partial charge in [-0.25, -0.2) is 0 Å². The molecule has 1 aromatic heterocycles. The number of ether oxygens (including phenoxy) is 1. The van der Waals surface area contributed by atoms with Crippen LogP contribution in [0.25, 0.3) is 0 Å². The fourth-order valence-electron chi connectivity index (χ4n) is 2.28. The molecule has 16 heavy (non-hydrogen) atoms. The summed E-state index contributed by atoms with van der Waals surface area (Å²) in [6, 6.07) is 0. The van der Waals surface area contributed by atoms with Crippen LogP contribution in [0.1, 0.15) is 27.7 Å². The molecule has 0 aliphatic carbocycles. The van der Waals surface area contributed by atoms with Crippen molar-refractivity contribution in [3.05, 3.63) is 6.20 Å². The molecule has 1 aromatic rings. The summed E-state index contributed by atoms with van der Waals surface area (Å²) in [6.07, 6.45) is 1.66. The Bertz CT molecular complexity index is 370. The number of aromatic nitrogens is 2. The molecule has 0 atom stereocenters. The summed E-state index contributed by atoms with van der Waals surface area (Å²) in [6.45, 7) is 9.73. The first-order chi connectivity index (χ1) is 7.27. The Morgan fingerprint density at radius 2 is 1.88 bits per heavy atom. The molecule has 0 amide bonds. The number of nitrogens with zero attached hydrogens (tertiary/aromatic N) is 3. The topological polar surface area (TPSA) is 68.4 Å². The number of rotatable bonds is 1. The first-order valence-electron chi connectivity index (χ1n) is 5.37. The molecule has 6 nitrogen and oxygen atoms in total. The molecule has 0 spiro atoms. The molecular formula is C10H19N4O2+. The summed E-state index contributed by atoms with van der Waals surface area (Å²) in [4.78, 5) is 1.64. The third-order valence-electron chi connectivity index (χ3n) is 2.44. The lowest BCUT2D eigenvalue weighted by atomic mass is 10.0. The number of morpholine rings is 1. The number of nitrogens with two attached hydrogens (primary N) is 1. The zero-order valence-corrected chi connectivity index (χ0v) is 10.2. The van der Waals surface area contributed by atoms with Crippen LogP contribution in [0, 0.1) is 0 Å². The van der Waals surface area contributed by atoms with E-state index in [-0.39, 0.29) is 11.2 Å². The summed E-state index contributed by atoms with van der Waals surface area (Å²) >= 11 is 0. The van der Waals surface area contributed by atoms with Gasteiger partial charge in [-0.3, -0.25) is 4.52 Å². The molecule has 6 heteroatoms. The minimum atomic E-state index is -0.220. The van der Waals surface area contributed by atoms with Gasteiger partial charge in [0.15, 0.2) is 0 Å². The summed E-state index contributed by atoms with van der Waals surface area (Å²) < 4.78 is 10.8. The van der Waals surface area contributed by atoms with Gasteiger partial charge < -0.3 is 10.5 Å². The van der Waals surface area contributed by atoms with Gasteiger partial charge in [0, 0.05) is 0 Å². The van der Waals surface area contributed by atoms with Gasteiger partial charge in [-0.1, -0.05) is 0 Å². The van der Waals surface area contributed by atoms with Gasteiger partial charge in [0.2, 0.25) is 5.27 Å². The smallest absolute Gasteiger partial charge is 0.296 e. The molecule has 0 aromatic carbocycles. The molecule has 2 N–H and O–H groups in total. The molecule has 0 unspecified atom stereocenters. The first kappa shape index (κ1) is 11.2. The molecule has 1 aliphatic rings. The standard InChI is InChI=1S/C10H19N4O2/c1-9(2)6-13(7-10(3,4)16-9)14-5-8(11)15-12-14/h5H,6-7,11H2,1-4H3/q+1. The third-order valence-corrected chi connectivity index (χ3v) is 2.44. The Balaban J connectivity index is 2.22. The number of nitrogen functional groups attached to an aromatic ring is 1. The van der Waals surface area contributed by atoms with Crippen molar-refractivity contribution in [2.24, 2.45) is 0 Å². The van der Waals surface area contributed by atoms with Crippen LogP contribution in [-0.4, -0.2) is 29.6 Å². The van der Waals surface area contributed by atoms with Crippen LogP contribution in [0.2, 0.25) is 0 Å². The predicted molar refractivity (Wildman–Crippen MR) is 58.3 cm³/mol. The number of anilines is 1. The Morgan fingerprint density at radius 1 is 1.31 bits per heavy atom. The van der Waals surface area contributed by atoms with Gasteiger partial charge in [-0.2, -0.15) is 0 Å². The molecule has 1 fully saturated rings. The molecule has 0 saturated carbocycles. The molecule has 2 rings (SSSR count). The quantitative estimate of drug-likeness (QED) is 0.688. The molecule has 2 heterocycles. The van der Waals surface area contributed by atoms with Gasteiger partial charge in [-0.15, -0.1) is 5.01 Å². The second kappa shape index (κ2) is 3.35. The lowest BCUT2D eigenvalue weighted by Crippen LogP contribution is -2.71. The van der Waals surface area contributed by atoms with Gasteiger partial charge in [0.1, 0.15) is 13.1 Å². The SMILES string of the molecule is CC1(C)CN([n+]2cc(N)on2)CC(C)(C)O1. The normalized spacial score (nSPS) is 23.4. The lowest BCUT2D eigenvalue weighted by molar-refractivity contribution is -0.762. The average Bonchev–Trinajstić information content (AvgIpc) is 2.45. The molecule has 0 bridgehead atoms. The van der Waals surface area contributed by atoms with E-state index < -0.39 is 0 Å². The Kier molecular flexibility index (Phi) is 2.34. The van der Waals surface area contributed by atoms with Crippen LogP contribution < -0.4 is 15.5 Å². The van der Waals surface area contributed by atoms with E-state index in [1.54, 1.807) is 11.0 Å². The minimum Gasteiger partial charge on any atom is -0.366 e. The van der Waals surface area contributed by atoms with Crippen LogP contribution in [0.5, 0.6) is 0 Å². The molecular weight excluding hydrogens is 208 g/mol. The van der Waals surface area contributed by atoms with Crippen molar-refractivity contribution in [2.45, 2.75) is 38.9 Å². The fraction of sp³-hybridized carbons (Fsp3) is 0.800. The zero-order valence-electron chi connectivity index (χ0n) is 10.2. The van der Waals surface area contributed by atoms with Crippen molar-refractivity contribution in [1.82, 2.24) is 5.27 Å². The van der Waals surface area contributed by atoms with Crippen molar-refractivity contribution in [3.8, 4) is 0 Å². The molecule has 90 valence electrons. The maximum atomic E-state index is 5.98. The largest absolute Gasteiger partial charge is 0.366 e. The van der Waals surface area contributed by atoms with Crippen molar-refractivity contribution >= 4 is 5.88 Å². The minimum absolute atomic E-state index is 0.220. The fourth-order valence-corrected chi connectivity index (χ4v) is 2.28. The first-order valence-corrected chi connectivity index (χ1v) is 5.37. The predicted octanol–water partition coefficient (Wildman–Crippen LogP) is 0.0697. The van der Waals surface area contributed by atoms with Crippen molar-refractivity contribution in [3.63, 3.8) is 0 Å². The second-order valence-corrected chi connectivity index (χ2v) is 5.47. The number of hydrogen-bond donors (Lipinski definition) is 1. The van der Waals surface area contributed by atoms with Crippen LogP contribution in [0.3, 0.4) is 0 Å². The van der Waals surface area contributed by atoms with E-state index in [1.807, 2.05) is 0 Å². The summed E-state index contributed by atoms with van der Waals surface area (Å²) in [5, 5.41) is 5.92. The number of hydrogen-bond acceptors (Lipinski definition) is 5. The van der Waals surface area contributed by atoms with Gasteiger partial charge in [0.25, 0.3) is 12.1 Å². The Labute approximate surface area is 94.9 Å². The van der Waals surface area contributed by atoms with Gasteiger partial charge in [-0.05, 0) is 27.7 Å². The van der Waals surface area contributed by atoms with E-state index in [0.717, 1.165) is 13.1 Å². The average molecular weight is 227 g/mol. The van der Waals surface area contributed by atoms with Crippen LogP contribution in [-0.2, 0) is 4.74 Å². The van der Waals surface area contributed by atoms with E-state index >= 15 is 0 Å². The van der Waals surface area contributed by atoms with Crippen LogP contribution in [0.4, 0.5) is 5.88 Å². The van der Waals surface area contributed by atoms with Crippen LogP contribution >= 0.6 is 0 Å². The molecule has 0 radical (unpaired) electrons. The van der Waals surface area contributed by atoms with Crippen molar-refractivity contribution in [1.29, 1.82) is 0 Å². The van der Waals surface area contributed by atoms with E-state index in [1.165, 1.54) is 0 Å². The Morgan fingerprint density at radius 3 is 2.31 bits per heavy atom. The van der Waals surface area contributed by atoms with Crippen molar-refractivity contribution < 1.29 is 14.1 Å². The van der Waals surface area contributed by atoms with E-state index in [0.29, 0.717) is 5.88 Å². The Hall–Kier alpha value is -1.30. The monoisotopic (exact) mass is 227 g/mol. The zero-order chi connectivity index (χ0) is 12.0. The van der Waals surface area contributed by atoms with Gasteiger partial charge >= 0.3 is 0 Å². The summed E-state index contributed by atoms with van der Waals surface area (Å²) in [5.74, 6) is 0.308. The second-order valence-electron chi connectivity index (χ2n) is 5.47. The van der Waals surface area contributed by atoms with E-state index in [2.05, 4.69) is 38.0 Å². The highest BCUT2D eigenvalue weighted by atomic mass is 16.5. The lowest BCUT2D eigenvalue weighted by Gasteiger charge is -2.43. The highest BCUT2D eigenvalue weighted by Gasteiger charge is 2.42. The van der Waals surface area contributed by atoms with E-state index in [9.17, 15) is 0 Å². The molecule has 1 saturated heterocycles. The van der Waals surface area contributed by atoms with Crippen molar-refractivity contribution in [2.75, 3.05) is 23.8 Å². The highest BCUT2D eigenvalue weighted by molar-refractivity contribution is 5.12. The third kappa shape index (κ3) is 2.27. The molecule has 1 aliphatic heterocycles. The van der Waals surface area contributed by atoms with E-state index in [4.69, 9.17) is 15.0 Å². The maximum Gasteiger partial charge on any atom is 0.296 e. The van der Waals surface area contributed by atoms with Crippen LogP contribution in [0.15, 0.2) is 10.7 Å². The summed E-state index contributed by atoms with van der Waals surface area (Å²) in [5.41, 5.74) is 5.07. The maximum absolute atomic E-state index is 5.98. The summed E-state index contributed by atoms with van der Waals surface area (Å²) in [7, 11) is 0. The van der Waals surface area contributed by atoms with Gasteiger partial charge in [0.05, 0.1) is 16.0 Å². The highest BCUT2D eigenvalue weighted by Crippen LogP contribution is 2.25.